The van der Waals surface area contributed by atoms with Crippen LogP contribution in [0.5, 0.6) is 0 Å². The average molecular weight is 456 g/mol. The van der Waals surface area contributed by atoms with Crippen molar-refractivity contribution >= 4 is 23.5 Å². The summed E-state index contributed by atoms with van der Waals surface area (Å²) in [6, 6.07) is 15.1. The van der Waals surface area contributed by atoms with Crippen LogP contribution in [0.25, 0.3) is 11.3 Å². The highest BCUT2D eigenvalue weighted by Gasteiger charge is 2.19. The van der Waals surface area contributed by atoms with E-state index in [1.165, 1.54) is 6.26 Å². The van der Waals surface area contributed by atoms with Crippen LogP contribution >= 0.6 is 11.6 Å². The minimum Gasteiger partial charge on any atom is -0.481 e. The van der Waals surface area contributed by atoms with Crippen LogP contribution in [0.2, 0.25) is 5.02 Å². The van der Waals surface area contributed by atoms with Crippen LogP contribution in [0.15, 0.2) is 59.3 Å². The first-order valence-corrected chi connectivity index (χ1v) is 10.9. The van der Waals surface area contributed by atoms with Crippen molar-refractivity contribution in [3.63, 3.8) is 0 Å². The molecule has 1 unspecified atom stereocenters. The number of aliphatic carboxylic acids is 1. The van der Waals surface area contributed by atoms with Crippen molar-refractivity contribution in [1.29, 1.82) is 0 Å². The van der Waals surface area contributed by atoms with E-state index >= 15 is 0 Å². The largest absolute Gasteiger partial charge is 0.481 e. The second-order valence-corrected chi connectivity index (χ2v) is 8.25. The molecule has 0 radical (unpaired) electrons. The summed E-state index contributed by atoms with van der Waals surface area (Å²) in [4.78, 5) is 23.4. The molecule has 7 heteroatoms. The SMILES string of the molecule is CC(CCCc1ccc(-c2nocc2CC(=O)O[C@H](C)c2ccccc2Cl)cc1)C(=O)O. The van der Waals surface area contributed by atoms with Crippen LogP contribution < -0.4 is 0 Å². The summed E-state index contributed by atoms with van der Waals surface area (Å²) in [5.41, 5.74) is 3.94. The highest BCUT2D eigenvalue weighted by molar-refractivity contribution is 6.31. The lowest BCUT2D eigenvalue weighted by atomic mass is 9.99. The molecular formula is C25H26ClNO5. The number of rotatable bonds is 10. The Kier molecular flexibility index (Phi) is 8.06. The Bertz CT molecular complexity index is 1060. The van der Waals surface area contributed by atoms with Gasteiger partial charge < -0.3 is 14.4 Å². The number of esters is 1. The van der Waals surface area contributed by atoms with E-state index in [1.54, 1.807) is 19.9 Å². The van der Waals surface area contributed by atoms with Gasteiger partial charge in [-0.2, -0.15) is 0 Å². The van der Waals surface area contributed by atoms with Crippen LogP contribution in [0.4, 0.5) is 0 Å². The number of nitrogens with zero attached hydrogens (tertiary/aromatic N) is 1. The Balaban J connectivity index is 1.59. The van der Waals surface area contributed by atoms with Gasteiger partial charge in [-0.05, 0) is 37.8 Å². The van der Waals surface area contributed by atoms with E-state index in [1.807, 2.05) is 42.5 Å². The predicted octanol–water partition coefficient (Wildman–Crippen LogP) is 5.89. The molecule has 1 N–H and O–H groups in total. The summed E-state index contributed by atoms with van der Waals surface area (Å²) >= 11 is 6.18. The van der Waals surface area contributed by atoms with Crippen LogP contribution in [0.1, 0.15) is 49.5 Å². The second kappa shape index (κ2) is 11.0. The third-order valence-electron chi connectivity index (χ3n) is 5.38. The lowest BCUT2D eigenvalue weighted by Gasteiger charge is -2.14. The van der Waals surface area contributed by atoms with Gasteiger partial charge >= 0.3 is 11.9 Å². The standard InChI is InChI=1S/C25H26ClNO5/c1-16(25(29)30)6-5-7-18-10-12-19(13-11-18)24-20(15-31-27-24)14-23(28)32-17(2)21-8-3-4-9-22(21)26/h3-4,8-13,15-17H,5-7,14H2,1-2H3,(H,29,30)/t16?,17-/m1/s1. The quantitative estimate of drug-likeness (QED) is 0.383. The molecule has 0 aliphatic rings. The van der Waals surface area contributed by atoms with Crippen molar-refractivity contribution in [3.05, 3.63) is 76.5 Å². The maximum atomic E-state index is 12.5. The molecule has 0 aliphatic heterocycles. The predicted molar refractivity (Wildman–Crippen MR) is 121 cm³/mol. The van der Waals surface area contributed by atoms with Crippen molar-refractivity contribution in [1.82, 2.24) is 5.16 Å². The van der Waals surface area contributed by atoms with Gasteiger partial charge in [0, 0.05) is 21.7 Å². The average Bonchev–Trinajstić information content (AvgIpc) is 3.22. The normalized spacial score (nSPS) is 12.8. The molecule has 0 saturated heterocycles. The number of halogens is 1. The van der Waals surface area contributed by atoms with Crippen molar-refractivity contribution in [2.75, 3.05) is 0 Å². The van der Waals surface area contributed by atoms with Gasteiger partial charge in [0.2, 0.25) is 0 Å². The Morgan fingerprint density at radius 2 is 1.84 bits per heavy atom. The number of aromatic nitrogens is 1. The molecule has 6 nitrogen and oxygen atoms in total. The van der Waals surface area contributed by atoms with E-state index in [9.17, 15) is 9.59 Å². The fourth-order valence-corrected chi connectivity index (χ4v) is 3.74. The number of benzene rings is 2. The van der Waals surface area contributed by atoms with Gasteiger partial charge in [-0.15, -0.1) is 0 Å². The number of carbonyl (C=O) groups is 2. The molecule has 2 atom stereocenters. The fourth-order valence-electron chi connectivity index (χ4n) is 3.45. The van der Waals surface area contributed by atoms with E-state index in [-0.39, 0.29) is 12.3 Å². The summed E-state index contributed by atoms with van der Waals surface area (Å²) < 4.78 is 10.7. The molecule has 1 aromatic heterocycles. The third-order valence-corrected chi connectivity index (χ3v) is 5.73. The third kappa shape index (κ3) is 6.20. The maximum Gasteiger partial charge on any atom is 0.311 e. The Labute approximate surface area is 192 Å². The topological polar surface area (TPSA) is 89.6 Å². The summed E-state index contributed by atoms with van der Waals surface area (Å²) in [6.45, 7) is 3.50. The van der Waals surface area contributed by atoms with E-state index in [4.69, 9.17) is 26.0 Å². The lowest BCUT2D eigenvalue weighted by molar-refractivity contribution is -0.147. The van der Waals surface area contributed by atoms with Crippen LogP contribution in [0.3, 0.4) is 0 Å². The minimum atomic E-state index is -0.765. The fraction of sp³-hybridized carbons (Fsp3) is 0.320. The van der Waals surface area contributed by atoms with Gasteiger partial charge in [0.1, 0.15) is 18.1 Å². The molecule has 0 spiro atoms. The number of carboxylic acids is 1. The van der Waals surface area contributed by atoms with Crippen molar-refractivity contribution in [2.45, 2.75) is 45.6 Å². The van der Waals surface area contributed by atoms with E-state index in [2.05, 4.69) is 5.16 Å². The molecule has 0 amide bonds. The summed E-state index contributed by atoms with van der Waals surface area (Å²) in [5, 5.41) is 13.6. The Morgan fingerprint density at radius 3 is 2.53 bits per heavy atom. The molecule has 2 aromatic carbocycles. The van der Waals surface area contributed by atoms with E-state index in [0.29, 0.717) is 22.7 Å². The molecule has 32 heavy (non-hydrogen) atoms. The first kappa shape index (κ1) is 23.5. The highest BCUT2D eigenvalue weighted by atomic mass is 35.5. The van der Waals surface area contributed by atoms with Crippen molar-refractivity contribution in [3.8, 4) is 11.3 Å². The second-order valence-electron chi connectivity index (χ2n) is 7.85. The summed E-state index contributed by atoms with van der Waals surface area (Å²) in [5.74, 6) is -1.50. The molecule has 1 heterocycles. The molecular weight excluding hydrogens is 430 g/mol. The maximum absolute atomic E-state index is 12.5. The monoisotopic (exact) mass is 455 g/mol. The smallest absolute Gasteiger partial charge is 0.311 e. The molecule has 3 aromatic rings. The zero-order chi connectivity index (χ0) is 23.1. The van der Waals surface area contributed by atoms with Crippen LogP contribution in [-0.2, 0) is 27.2 Å². The number of aryl methyl sites for hydroxylation is 1. The zero-order valence-corrected chi connectivity index (χ0v) is 18.8. The summed E-state index contributed by atoms with van der Waals surface area (Å²) in [6.07, 6.45) is 3.26. The van der Waals surface area contributed by atoms with Gasteiger partial charge in [0.25, 0.3) is 0 Å². The van der Waals surface area contributed by atoms with E-state index in [0.717, 1.165) is 29.5 Å². The zero-order valence-electron chi connectivity index (χ0n) is 18.1. The molecule has 0 fully saturated rings. The highest BCUT2D eigenvalue weighted by Crippen LogP contribution is 2.27. The molecule has 168 valence electrons. The number of ether oxygens (including phenoxy) is 1. The van der Waals surface area contributed by atoms with Crippen LogP contribution in [-0.4, -0.2) is 22.2 Å². The van der Waals surface area contributed by atoms with Crippen molar-refractivity contribution in [2.24, 2.45) is 5.92 Å². The van der Waals surface area contributed by atoms with Gasteiger partial charge in [-0.25, -0.2) is 0 Å². The number of hydrogen-bond acceptors (Lipinski definition) is 5. The lowest BCUT2D eigenvalue weighted by Crippen LogP contribution is -2.12. The van der Waals surface area contributed by atoms with Gasteiger partial charge in [0.05, 0.1) is 12.3 Å². The van der Waals surface area contributed by atoms with E-state index < -0.39 is 18.0 Å². The number of carboxylic acid groups (broad SMARTS) is 1. The molecule has 0 aliphatic carbocycles. The van der Waals surface area contributed by atoms with Gasteiger partial charge in [-0.1, -0.05) is 66.1 Å². The van der Waals surface area contributed by atoms with Crippen molar-refractivity contribution < 1.29 is 24.0 Å². The Morgan fingerprint density at radius 1 is 1.12 bits per heavy atom. The first-order chi connectivity index (χ1) is 15.3. The molecule has 0 saturated carbocycles. The minimum absolute atomic E-state index is 0.0302. The number of hydrogen-bond donors (Lipinski definition) is 1. The van der Waals surface area contributed by atoms with Gasteiger partial charge in [-0.3, -0.25) is 9.59 Å². The first-order valence-electron chi connectivity index (χ1n) is 10.5. The Hall–Kier alpha value is -3.12. The summed E-state index contributed by atoms with van der Waals surface area (Å²) in [7, 11) is 0. The molecule has 3 rings (SSSR count). The van der Waals surface area contributed by atoms with Crippen LogP contribution in [0, 0.1) is 5.92 Å². The molecule has 0 bridgehead atoms. The van der Waals surface area contributed by atoms with Gasteiger partial charge in [0.15, 0.2) is 0 Å². The number of carbonyl (C=O) groups excluding carboxylic acids is 1.